The van der Waals surface area contributed by atoms with Gasteiger partial charge in [-0.05, 0) is 24.1 Å². The molecule has 1 aromatic carbocycles. The average molecular weight is 320 g/mol. The molecule has 1 amide bonds. The zero-order valence-corrected chi connectivity index (χ0v) is 11.8. The van der Waals surface area contributed by atoms with E-state index >= 15 is 0 Å². The highest BCUT2D eigenvalue weighted by Gasteiger charge is 2.07. The third kappa shape index (κ3) is 5.46. The number of amides is 1. The van der Waals surface area contributed by atoms with E-state index in [0.717, 1.165) is 0 Å². The molecule has 0 bridgehead atoms. The Morgan fingerprint density at radius 1 is 1.50 bits per heavy atom. The molecule has 4 nitrogen and oxygen atoms in total. The fourth-order valence-corrected chi connectivity index (χ4v) is 1.39. The Morgan fingerprint density at radius 3 is 2.83 bits per heavy atom. The SMILES string of the molecule is CC(C)CONC(=O)COc1ccc(Br)cc1F. The Hall–Kier alpha value is -1.14. The third-order valence-corrected chi connectivity index (χ3v) is 2.35. The first-order chi connectivity index (χ1) is 8.49. The summed E-state index contributed by atoms with van der Waals surface area (Å²) in [6, 6.07) is 4.34. The van der Waals surface area contributed by atoms with Crippen molar-refractivity contribution in [2.75, 3.05) is 13.2 Å². The molecular formula is C12H15BrFNO3. The van der Waals surface area contributed by atoms with E-state index in [9.17, 15) is 9.18 Å². The summed E-state index contributed by atoms with van der Waals surface area (Å²) in [6.45, 7) is 4.04. The van der Waals surface area contributed by atoms with E-state index in [-0.39, 0.29) is 12.4 Å². The lowest BCUT2D eigenvalue weighted by molar-refractivity contribution is -0.136. The van der Waals surface area contributed by atoms with Crippen molar-refractivity contribution >= 4 is 21.8 Å². The van der Waals surface area contributed by atoms with Crippen LogP contribution in [0.1, 0.15) is 13.8 Å². The predicted molar refractivity (Wildman–Crippen MR) is 68.5 cm³/mol. The molecule has 0 aromatic heterocycles. The minimum Gasteiger partial charge on any atom is -0.481 e. The van der Waals surface area contributed by atoms with Crippen LogP contribution in [0.5, 0.6) is 5.75 Å². The minimum absolute atomic E-state index is 0.0252. The van der Waals surface area contributed by atoms with E-state index in [2.05, 4.69) is 21.4 Å². The number of carbonyl (C=O) groups excluding carboxylic acids is 1. The van der Waals surface area contributed by atoms with E-state index in [1.807, 2.05) is 13.8 Å². The van der Waals surface area contributed by atoms with Crippen molar-refractivity contribution in [1.29, 1.82) is 0 Å². The number of nitrogens with one attached hydrogen (secondary N) is 1. The van der Waals surface area contributed by atoms with Crippen LogP contribution in [0.25, 0.3) is 0 Å². The van der Waals surface area contributed by atoms with Gasteiger partial charge in [-0.25, -0.2) is 9.87 Å². The van der Waals surface area contributed by atoms with Gasteiger partial charge < -0.3 is 4.74 Å². The van der Waals surface area contributed by atoms with Gasteiger partial charge in [0, 0.05) is 4.47 Å². The van der Waals surface area contributed by atoms with Gasteiger partial charge in [-0.3, -0.25) is 9.63 Å². The molecule has 0 heterocycles. The van der Waals surface area contributed by atoms with Gasteiger partial charge in [0.25, 0.3) is 5.91 Å². The normalized spacial score (nSPS) is 10.5. The maximum Gasteiger partial charge on any atom is 0.281 e. The van der Waals surface area contributed by atoms with Crippen molar-refractivity contribution < 1.29 is 18.8 Å². The predicted octanol–water partition coefficient (Wildman–Crippen LogP) is 2.67. The lowest BCUT2D eigenvalue weighted by atomic mass is 10.2. The fourth-order valence-electron chi connectivity index (χ4n) is 1.05. The summed E-state index contributed by atoms with van der Waals surface area (Å²) in [5.41, 5.74) is 2.22. The second kappa shape index (κ2) is 7.33. The van der Waals surface area contributed by atoms with Crippen molar-refractivity contribution in [3.8, 4) is 5.75 Å². The molecule has 18 heavy (non-hydrogen) atoms. The van der Waals surface area contributed by atoms with Crippen LogP contribution in [0.2, 0.25) is 0 Å². The molecule has 0 spiro atoms. The molecule has 100 valence electrons. The number of carbonyl (C=O) groups is 1. The van der Waals surface area contributed by atoms with Crippen LogP contribution >= 0.6 is 15.9 Å². The van der Waals surface area contributed by atoms with Gasteiger partial charge in [0.15, 0.2) is 18.2 Å². The molecule has 1 aromatic rings. The van der Waals surface area contributed by atoms with Crippen LogP contribution in [0.3, 0.4) is 0 Å². The highest BCUT2D eigenvalue weighted by atomic mass is 79.9. The summed E-state index contributed by atoms with van der Waals surface area (Å²) in [7, 11) is 0. The number of hydrogen-bond donors (Lipinski definition) is 1. The van der Waals surface area contributed by atoms with Crippen molar-refractivity contribution in [3.05, 3.63) is 28.5 Å². The molecule has 0 atom stereocenters. The molecule has 0 unspecified atom stereocenters. The van der Waals surface area contributed by atoms with Gasteiger partial charge in [-0.1, -0.05) is 29.8 Å². The number of hydrogen-bond acceptors (Lipinski definition) is 3. The molecule has 1 rings (SSSR count). The second-order valence-electron chi connectivity index (χ2n) is 4.09. The van der Waals surface area contributed by atoms with E-state index < -0.39 is 11.7 Å². The Bertz CT molecular complexity index is 412. The van der Waals surface area contributed by atoms with Crippen LogP contribution < -0.4 is 10.2 Å². The van der Waals surface area contributed by atoms with Gasteiger partial charge in [0.1, 0.15) is 0 Å². The number of hydroxylamine groups is 1. The van der Waals surface area contributed by atoms with Crippen molar-refractivity contribution in [3.63, 3.8) is 0 Å². The average Bonchev–Trinajstić information content (AvgIpc) is 2.27. The van der Waals surface area contributed by atoms with E-state index in [1.54, 1.807) is 6.07 Å². The van der Waals surface area contributed by atoms with Gasteiger partial charge in [-0.2, -0.15) is 0 Å². The van der Waals surface area contributed by atoms with Crippen LogP contribution in [0.15, 0.2) is 22.7 Å². The molecule has 0 fully saturated rings. The molecular weight excluding hydrogens is 305 g/mol. The van der Waals surface area contributed by atoms with Gasteiger partial charge in [0.05, 0.1) is 6.61 Å². The molecule has 0 aliphatic heterocycles. The van der Waals surface area contributed by atoms with Crippen LogP contribution in [-0.4, -0.2) is 19.1 Å². The molecule has 0 saturated carbocycles. The summed E-state index contributed by atoms with van der Waals surface area (Å²) in [5.74, 6) is -0.648. The smallest absolute Gasteiger partial charge is 0.281 e. The fraction of sp³-hybridized carbons (Fsp3) is 0.417. The zero-order valence-electron chi connectivity index (χ0n) is 10.2. The van der Waals surface area contributed by atoms with Crippen LogP contribution in [0.4, 0.5) is 4.39 Å². The first-order valence-corrected chi connectivity index (χ1v) is 6.27. The Labute approximate surface area is 114 Å². The van der Waals surface area contributed by atoms with E-state index in [4.69, 9.17) is 9.57 Å². The first-order valence-electron chi connectivity index (χ1n) is 5.47. The topological polar surface area (TPSA) is 47.6 Å². The number of benzene rings is 1. The maximum absolute atomic E-state index is 13.3. The lowest BCUT2D eigenvalue weighted by Crippen LogP contribution is -2.30. The van der Waals surface area contributed by atoms with Gasteiger partial charge in [0.2, 0.25) is 0 Å². The van der Waals surface area contributed by atoms with Gasteiger partial charge >= 0.3 is 0 Å². The van der Waals surface area contributed by atoms with Crippen LogP contribution in [-0.2, 0) is 9.63 Å². The van der Waals surface area contributed by atoms with Crippen molar-refractivity contribution in [1.82, 2.24) is 5.48 Å². The molecule has 0 saturated heterocycles. The third-order valence-electron chi connectivity index (χ3n) is 1.86. The first kappa shape index (κ1) is 14.9. The van der Waals surface area contributed by atoms with E-state index in [0.29, 0.717) is 17.0 Å². The summed E-state index contributed by atoms with van der Waals surface area (Å²) < 4.78 is 19.0. The zero-order chi connectivity index (χ0) is 13.5. The quantitative estimate of drug-likeness (QED) is 0.820. The Balaban J connectivity index is 2.33. The van der Waals surface area contributed by atoms with Crippen molar-refractivity contribution in [2.24, 2.45) is 5.92 Å². The van der Waals surface area contributed by atoms with E-state index in [1.165, 1.54) is 12.1 Å². The molecule has 0 radical (unpaired) electrons. The second-order valence-corrected chi connectivity index (χ2v) is 5.01. The highest BCUT2D eigenvalue weighted by Crippen LogP contribution is 2.21. The number of halogens is 2. The summed E-state index contributed by atoms with van der Waals surface area (Å²) >= 11 is 3.13. The number of ether oxygens (including phenoxy) is 1. The molecule has 6 heteroatoms. The summed E-state index contributed by atoms with van der Waals surface area (Å²) in [6.07, 6.45) is 0. The Kier molecular flexibility index (Phi) is 6.07. The minimum atomic E-state index is -0.528. The molecule has 0 aliphatic carbocycles. The molecule has 0 aliphatic rings. The Morgan fingerprint density at radius 2 is 2.22 bits per heavy atom. The largest absolute Gasteiger partial charge is 0.481 e. The summed E-state index contributed by atoms with van der Waals surface area (Å²) in [4.78, 5) is 16.2. The van der Waals surface area contributed by atoms with Crippen LogP contribution in [0, 0.1) is 11.7 Å². The highest BCUT2D eigenvalue weighted by molar-refractivity contribution is 9.10. The van der Waals surface area contributed by atoms with Crippen molar-refractivity contribution in [2.45, 2.75) is 13.8 Å². The lowest BCUT2D eigenvalue weighted by Gasteiger charge is -2.09. The number of rotatable bonds is 6. The standard InChI is InChI=1S/C12H15BrFNO3/c1-8(2)6-18-15-12(16)7-17-11-4-3-9(13)5-10(11)14/h3-5,8H,6-7H2,1-2H3,(H,15,16). The maximum atomic E-state index is 13.3. The van der Waals surface area contributed by atoms with Gasteiger partial charge in [-0.15, -0.1) is 0 Å². The monoisotopic (exact) mass is 319 g/mol. The molecule has 1 N–H and O–H groups in total. The summed E-state index contributed by atoms with van der Waals surface area (Å²) in [5, 5.41) is 0.